The molecule has 2 heteroatoms. The van der Waals surface area contributed by atoms with Crippen molar-refractivity contribution < 1.29 is 0 Å². The van der Waals surface area contributed by atoms with Crippen LogP contribution in [0.25, 0.3) is 0 Å². The van der Waals surface area contributed by atoms with Crippen LogP contribution in [0.15, 0.2) is 48.5 Å². The molecule has 0 amide bonds. The SMILES string of the molecule is Cc1cc(C#N)ccc1CNC(C)Cc1ccccc1. The summed E-state index contributed by atoms with van der Waals surface area (Å²) in [6.45, 7) is 5.09. The maximum absolute atomic E-state index is 8.87. The molecule has 0 aromatic heterocycles. The van der Waals surface area contributed by atoms with E-state index >= 15 is 0 Å². The molecule has 0 aliphatic carbocycles. The van der Waals surface area contributed by atoms with Gasteiger partial charge in [-0.15, -0.1) is 0 Å². The predicted octanol–water partition coefficient (Wildman–Crippen LogP) is 3.59. The van der Waals surface area contributed by atoms with Gasteiger partial charge in [-0.3, -0.25) is 0 Å². The Hall–Kier alpha value is -2.11. The van der Waals surface area contributed by atoms with Crippen LogP contribution in [-0.4, -0.2) is 6.04 Å². The number of nitriles is 1. The number of benzene rings is 2. The van der Waals surface area contributed by atoms with E-state index in [1.165, 1.54) is 16.7 Å². The summed E-state index contributed by atoms with van der Waals surface area (Å²) >= 11 is 0. The van der Waals surface area contributed by atoms with Gasteiger partial charge in [-0.05, 0) is 49.1 Å². The van der Waals surface area contributed by atoms with Crippen molar-refractivity contribution in [2.75, 3.05) is 0 Å². The summed E-state index contributed by atoms with van der Waals surface area (Å²) in [7, 11) is 0. The van der Waals surface area contributed by atoms with E-state index in [4.69, 9.17) is 5.26 Å². The third-order valence-corrected chi connectivity index (χ3v) is 3.50. The molecule has 0 saturated heterocycles. The zero-order valence-electron chi connectivity index (χ0n) is 12.1. The molecule has 1 atom stereocenters. The Kier molecular flexibility index (Phi) is 4.92. The Morgan fingerprint density at radius 3 is 2.55 bits per heavy atom. The summed E-state index contributed by atoms with van der Waals surface area (Å²) in [5, 5.41) is 12.4. The van der Waals surface area contributed by atoms with E-state index in [1.54, 1.807) is 0 Å². The Morgan fingerprint density at radius 1 is 1.15 bits per heavy atom. The first-order valence-corrected chi connectivity index (χ1v) is 6.96. The molecule has 0 heterocycles. The summed E-state index contributed by atoms with van der Waals surface area (Å²) in [5.74, 6) is 0. The number of aryl methyl sites for hydroxylation is 1. The lowest BCUT2D eigenvalue weighted by molar-refractivity contribution is 0.544. The van der Waals surface area contributed by atoms with Gasteiger partial charge in [-0.2, -0.15) is 5.26 Å². The molecular weight excluding hydrogens is 244 g/mol. The molecule has 2 aromatic carbocycles. The predicted molar refractivity (Wildman–Crippen MR) is 82.3 cm³/mol. The van der Waals surface area contributed by atoms with Crippen LogP contribution < -0.4 is 5.32 Å². The van der Waals surface area contributed by atoms with E-state index in [0.29, 0.717) is 6.04 Å². The van der Waals surface area contributed by atoms with Crippen LogP contribution in [0, 0.1) is 18.3 Å². The second-order valence-corrected chi connectivity index (χ2v) is 5.22. The third kappa shape index (κ3) is 3.94. The molecule has 1 N–H and O–H groups in total. The average Bonchev–Trinajstić information content (AvgIpc) is 2.47. The number of rotatable bonds is 5. The smallest absolute Gasteiger partial charge is 0.0991 e. The van der Waals surface area contributed by atoms with Gasteiger partial charge in [0.15, 0.2) is 0 Å². The van der Waals surface area contributed by atoms with E-state index in [-0.39, 0.29) is 0 Å². The highest BCUT2D eigenvalue weighted by molar-refractivity contribution is 5.37. The first-order chi connectivity index (χ1) is 9.69. The lowest BCUT2D eigenvalue weighted by Gasteiger charge is -2.15. The molecule has 0 fully saturated rings. The standard InChI is InChI=1S/C18H20N2/c1-14-10-17(12-19)8-9-18(14)13-20-15(2)11-16-6-4-3-5-7-16/h3-10,15,20H,11,13H2,1-2H3. The fourth-order valence-electron chi connectivity index (χ4n) is 2.29. The highest BCUT2D eigenvalue weighted by Crippen LogP contribution is 2.11. The van der Waals surface area contributed by atoms with Crippen molar-refractivity contribution in [2.45, 2.75) is 32.9 Å². The van der Waals surface area contributed by atoms with Gasteiger partial charge in [0.2, 0.25) is 0 Å². The van der Waals surface area contributed by atoms with Crippen LogP contribution >= 0.6 is 0 Å². The highest BCUT2D eigenvalue weighted by Gasteiger charge is 2.05. The van der Waals surface area contributed by atoms with Crippen molar-refractivity contribution in [3.05, 3.63) is 70.8 Å². The normalized spacial score (nSPS) is 11.8. The van der Waals surface area contributed by atoms with Crippen molar-refractivity contribution >= 4 is 0 Å². The highest BCUT2D eigenvalue weighted by atomic mass is 14.9. The van der Waals surface area contributed by atoms with Crippen molar-refractivity contribution in [3.8, 4) is 6.07 Å². The van der Waals surface area contributed by atoms with Gasteiger partial charge < -0.3 is 5.32 Å². The van der Waals surface area contributed by atoms with Crippen molar-refractivity contribution in [1.82, 2.24) is 5.32 Å². The Morgan fingerprint density at radius 2 is 1.90 bits per heavy atom. The molecular formula is C18H20N2. The largest absolute Gasteiger partial charge is 0.310 e. The Labute approximate surface area is 121 Å². The third-order valence-electron chi connectivity index (χ3n) is 3.50. The quantitative estimate of drug-likeness (QED) is 0.896. The topological polar surface area (TPSA) is 35.8 Å². The monoisotopic (exact) mass is 264 g/mol. The average molecular weight is 264 g/mol. The summed E-state index contributed by atoms with van der Waals surface area (Å²) in [5.41, 5.74) is 4.50. The van der Waals surface area contributed by atoms with Crippen molar-refractivity contribution in [2.24, 2.45) is 0 Å². The molecule has 102 valence electrons. The molecule has 0 radical (unpaired) electrons. The van der Waals surface area contributed by atoms with E-state index in [0.717, 1.165) is 18.5 Å². The van der Waals surface area contributed by atoms with Crippen molar-refractivity contribution in [1.29, 1.82) is 5.26 Å². The van der Waals surface area contributed by atoms with Crippen LogP contribution in [0.3, 0.4) is 0 Å². The van der Waals surface area contributed by atoms with Gasteiger partial charge in [0.05, 0.1) is 11.6 Å². The van der Waals surface area contributed by atoms with E-state index < -0.39 is 0 Å². The lowest BCUT2D eigenvalue weighted by atomic mass is 10.0. The zero-order valence-corrected chi connectivity index (χ0v) is 12.1. The number of nitrogens with one attached hydrogen (secondary N) is 1. The van der Waals surface area contributed by atoms with Crippen LogP contribution in [0.4, 0.5) is 0 Å². The number of hydrogen-bond acceptors (Lipinski definition) is 2. The molecule has 2 nitrogen and oxygen atoms in total. The molecule has 2 rings (SSSR count). The minimum atomic E-state index is 0.424. The Balaban J connectivity index is 1.90. The lowest BCUT2D eigenvalue weighted by Crippen LogP contribution is -2.27. The van der Waals surface area contributed by atoms with Crippen LogP contribution in [0.2, 0.25) is 0 Å². The fraction of sp³-hybridized carbons (Fsp3) is 0.278. The minimum absolute atomic E-state index is 0.424. The molecule has 2 aromatic rings. The van der Waals surface area contributed by atoms with Gasteiger partial charge in [0.25, 0.3) is 0 Å². The maximum atomic E-state index is 8.87. The molecule has 1 unspecified atom stereocenters. The Bertz CT molecular complexity index is 597. The van der Waals surface area contributed by atoms with Crippen molar-refractivity contribution in [3.63, 3.8) is 0 Å². The van der Waals surface area contributed by atoms with Gasteiger partial charge in [0, 0.05) is 12.6 Å². The first kappa shape index (κ1) is 14.3. The second-order valence-electron chi connectivity index (χ2n) is 5.22. The molecule has 20 heavy (non-hydrogen) atoms. The van der Waals surface area contributed by atoms with E-state index in [2.05, 4.69) is 49.5 Å². The number of nitrogens with zero attached hydrogens (tertiary/aromatic N) is 1. The van der Waals surface area contributed by atoms with Gasteiger partial charge >= 0.3 is 0 Å². The second kappa shape index (κ2) is 6.88. The van der Waals surface area contributed by atoms with Crippen LogP contribution in [0.5, 0.6) is 0 Å². The molecule has 0 aliphatic heterocycles. The minimum Gasteiger partial charge on any atom is -0.310 e. The van der Waals surface area contributed by atoms with E-state index in [1.807, 2.05) is 24.3 Å². The first-order valence-electron chi connectivity index (χ1n) is 6.96. The molecule has 0 saturated carbocycles. The maximum Gasteiger partial charge on any atom is 0.0991 e. The van der Waals surface area contributed by atoms with Gasteiger partial charge in [-0.1, -0.05) is 36.4 Å². The van der Waals surface area contributed by atoms with E-state index in [9.17, 15) is 0 Å². The van der Waals surface area contributed by atoms with Crippen LogP contribution in [-0.2, 0) is 13.0 Å². The van der Waals surface area contributed by atoms with Gasteiger partial charge in [-0.25, -0.2) is 0 Å². The molecule has 0 aliphatic rings. The number of hydrogen-bond donors (Lipinski definition) is 1. The summed E-state index contributed by atoms with van der Waals surface area (Å²) < 4.78 is 0. The molecule has 0 spiro atoms. The summed E-state index contributed by atoms with van der Waals surface area (Å²) in [4.78, 5) is 0. The summed E-state index contributed by atoms with van der Waals surface area (Å²) in [6, 6.07) is 19.0. The molecule has 0 bridgehead atoms. The van der Waals surface area contributed by atoms with Gasteiger partial charge in [0.1, 0.15) is 0 Å². The fourth-order valence-corrected chi connectivity index (χ4v) is 2.29. The van der Waals surface area contributed by atoms with Crippen LogP contribution in [0.1, 0.15) is 29.2 Å². The zero-order chi connectivity index (χ0) is 14.4. The summed E-state index contributed by atoms with van der Waals surface area (Å²) in [6.07, 6.45) is 1.02.